The second kappa shape index (κ2) is 6.97. The van der Waals surface area contributed by atoms with Crippen molar-refractivity contribution in [3.63, 3.8) is 0 Å². The Morgan fingerprint density at radius 1 is 1.43 bits per heavy atom. The number of carbonyl (C=O) groups is 2. The summed E-state index contributed by atoms with van der Waals surface area (Å²) in [4.78, 5) is 22.6. The van der Waals surface area contributed by atoms with Crippen LogP contribution in [-0.2, 0) is 4.79 Å². The second-order valence-corrected chi connectivity index (χ2v) is 5.22. The number of carboxylic acid groups (broad SMARTS) is 1. The van der Waals surface area contributed by atoms with Gasteiger partial charge < -0.3 is 20.5 Å². The van der Waals surface area contributed by atoms with E-state index in [1.54, 1.807) is 0 Å². The molecular formula is C15H20N2O4. The van der Waals surface area contributed by atoms with Crippen LogP contribution >= 0.6 is 0 Å². The van der Waals surface area contributed by atoms with E-state index in [1.807, 2.05) is 31.2 Å². The van der Waals surface area contributed by atoms with Gasteiger partial charge in [-0.15, -0.1) is 0 Å². The molecule has 1 aliphatic rings. The molecule has 0 aromatic heterocycles. The number of aryl methyl sites for hydroxylation is 1. The van der Waals surface area contributed by atoms with E-state index in [2.05, 4.69) is 10.6 Å². The van der Waals surface area contributed by atoms with Crippen LogP contribution in [0.2, 0.25) is 0 Å². The molecule has 6 nitrogen and oxygen atoms in total. The molecule has 0 radical (unpaired) electrons. The molecule has 3 N–H and O–H groups in total. The van der Waals surface area contributed by atoms with Gasteiger partial charge in [0.25, 0.3) is 0 Å². The molecule has 1 aromatic rings. The zero-order valence-corrected chi connectivity index (χ0v) is 12.0. The molecule has 114 valence electrons. The van der Waals surface area contributed by atoms with E-state index in [1.165, 1.54) is 0 Å². The third-order valence-corrected chi connectivity index (χ3v) is 3.29. The smallest absolute Gasteiger partial charge is 0.326 e. The maximum Gasteiger partial charge on any atom is 0.326 e. The number of amides is 2. The number of carbonyl (C=O) groups excluding carboxylic acids is 1. The molecule has 21 heavy (non-hydrogen) atoms. The van der Waals surface area contributed by atoms with E-state index in [0.717, 1.165) is 24.2 Å². The molecule has 0 spiro atoms. The third-order valence-electron chi connectivity index (χ3n) is 3.29. The third kappa shape index (κ3) is 4.98. The van der Waals surface area contributed by atoms with Gasteiger partial charge in [0.1, 0.15) is 18.4 Å². The van der Waals surface area contributed by atoms with E-state index in [9.17, 15) is 9.59 Å². The fourth-order valence-corrected chi connectivity index (χ4v) is 2.04. The molecule has 1 unspecified atom stereocenters. The van der Waals surface area contributed by atoms with Crippen molar-refractivity contribution in [1.29, 1.82) is 0 Å². The molecular weight excluding hydrogens is 272 g/mol. The highest BCUT2D eigenvalue weighted by atomic mass is 16.5. The number of nitrogens with one attached hydrogen (secondary N) is 2. The maximum absolute atomic E-state index is 11.6. The molecule has 0 bridgehead atoms. The quantitative estimate of drug-likeness (QED) is 0.665. The summed E-state index contributed by atoms with van der Waals surface area (Å²) < 4.78 is 5.49. The highest BCUT2D eigenvalue weighted by Crippen LogP contribution is 2.32. The van der Waals surface area contributed by atoms with Crippen molar-refractivity contribution in [2.24, 2.45) is 5.92 Å². The summed E-state index contributed by atoms with van der Waals surface area (Å²) >= 11 is 0. The number of aliphatic carboxylic acids is 1. The summed E-state index contributed by atoms with van der Waals surface area (Å²) in [5, 5.41) is 14.1. The molecule has 0 aliphatic heterocycles. The van der Waals surface area contributed by atoms with Gasteiger partial charge in [0.2, 0.25) is 0 Å². The Morgan fingerprint density at radius 2 is 2.19 bits per heavy atom. The molecule has 1 fully saturated rings. The first-order valence-electron chi connectivity index (χ1n) is 7.03. The summed E-state index contributed by atoms with van der Waals surface area (Å²) in [5.74, 6) is -0.168. The van der Waals surface area contributed by atoms with E-state index >= 15 is 0 Å². The minimum absolute atomic E-state index is 0.0665. The highest BCUT2D eigenvalue weighted by Gasteiger charge is 2.37. The van der Waals surface area contributed by atoms with E-state index in [-0.39, 0.29) is 5.92 Å². The maximum atomic E-state index is 11.6. The van der Waals surface area contributed by atoms with Crippen molar-refractivity contribution in [2.45, 2.75) is 25.8 Å². The first kappa shape index (κ1) is 15.2. The summed E-state index contributed by atoms with van der Waals surface area (Å²) in [6.45, 7) is 2.62. The molecule has 6 heteroatoms. The van der Waals surface area contributed by atoms with Crippen LogP contribution in [0.3, 0.4) is 0 Å². The van der Waals surface area contributed by atoms with Crippen molar-refractivity contribution in [2.75, 3.05) is 13.2 Å². The number of ether oxygens (including phenoxy) is 1. The molecule has 1 saturated carbocycles. The monoisotopic (exact) mass is 292 g/mol. The standard InChI is InChI=1S/C15H20N2O4/c1-10-3-2-4-12(9-10)21-8-7-16-15(20)17-13(14(18)19)11-5-6-11/h2-4,9,11,13H,5-8H2,1H3,(H,18,19)(H2,16,17,20). The lowest BCUT2D eigenvalue weighted by Crippen LogP contribution is -2.47. The van der Waals surface area contributed by atoms with Gasteiger partial charge in [-0.25, -0.2) is 9.59 Å². The topological polar surface area (TPSA) is 87.7 Å². The van der Waals surface area contributed by atoms with E-state index in [4.69, 9.17) is 9.84 Å². The van der Waals surface area contributed by atoms with Crippen molar-refractivity contribution >= 4 is 12.0 Å². The molecule has 1 aliphatic carbocycles. The largest absolute Gasteiger partial charge is 0.492 e. The highest BCUT2D eigenvalue weighted by molar-refractivity contribution is 5.83. The van der Waals surface area contributed by atoms with Crippen molar-refractivity contribution in [1.82, 2.24) is 10.6 Å². The van der Waals surface area contributed by atoms with Crippen LogP contribution in [0.4, 0.5) is 4.79 Å². The minimum Gasteiger partial charge on any atom is -0.492 e. The number of urea groups is 1. The minimum atomic E-state index is -0.983. The summed E-state index contributed by atoms with van der Waals surface area (Å²) in [7, 11) is 0. The molecule has 2 rings (SSSR count). The van der Waals surface area contributed by atoms with Crippen LogP contribution in [0.5, 0.6) is 5.75 Å². The van der Waals surface area contributed by atoms with Gasteiger partial charge in [-0.2, -0.15) is 0 Å². The van der Waals surface area contributed by atoms with E-state index in [0.29, 0.717) is 13.2 Å². The molecule has 0 saturated heterocycles. The van der Waals surface area contributed by atoms with Crippen molar-refractivity contribution in [3.05, 3.63) is 29.8 Å². The lowest BCUT2D eigenvalue weighted by molar-refractivity contribution is -0.139. The van der Waals surface area contributed by atoms with Gasteiger partial charge in [0.15, 0.2) is 0 Å². The Kier molecular flexibility index (Phi) is 5.03. The van der Waals surface area contributed by atoms with Crippen LogP contribution < -0.4 is 15.4 Å². The van der Waals surface area contributed by atoms with E-state index < -0.39 is 18.0 Å². The molecule has 1 aromatic carbocycles. The molecule has 1 atom stereocenters. The first-order chi connectivity index (χ1) is 10.1. The second-order valence-electron chi connectivity index (χ2n) is 5.22. The molecule has 2 amide bonds. The Hall–Kier alpha value is -2.24. The Labute approximate surface area is 123 Å². The number of hydrogen-bond acceptors (Lipinski definition) is 3. The predicted octanol–water partition coefficient (Wildman–Crippen LogP) is 1.54. The number of carboxylic acids is 1. The fraction of sp³-hybridized carbons (Fsp3) is 0.467. The van der Waals surface area contributed by atoms with Crippen LogP contribution in [0, 0.1) is 12.8 Å². The lowest BCUT2D eigenvalue weighted by Gasteiger charge is -2.14. The van der Waals surface area contributed by atoms with Gasteiger partial charge in [-0.3, -0.25) is 0 Å². The van der Waals surface area contributed by atoms with Crippen LogP contribution in [0.25, 0.3) is 0 Å². The van der Waals surface area contributed by atoms with Crippen LogP contribution in [0.15, 0.2) is 24.3 Å². The summed E-state index contributed by atoms with van der Waals surface area (Å²) in [5.41, 5.74) is 1.10. The van der Waals surface area contributed by atoms with Gasteiger partial charge in [0, 0.05) is 0 Å². The Bertz CT molecular complexity index is 514. The molecule has 0 heterocycles. The van der Waals surface area contributed by atoms with Crippen LogP contribution in [0.1, 0.15) is 18.4 Å². The first-order valence-corrected chi connectivity index (χ1v) is 7.03. The van der Waals surface area contributed by atoms with Gasteiger partial charge in [-0.1, -0.05) is 12.1 Å². The van der Waals surface area contributed by atoms with Gasteiger partial charge >= 0.3 is 12.0 Å². The van der Waals surface area contributed by atoms with Crippen molar-refractivity contribution in [3.8, 4) is 5.75 Å². The number of rotatable bonds is 7. The lowest BCUT2D eigenvalue weighted by atomic mass is 10.2. The van der Waals surface area contributed by atoms with Gasteiger partial charge in [0.05, 0.1) is 6.54 Å². The van der Waals surface area contributed by atoms with Gasteiger partial charge in [-0.05, 0) is 43.4 Å². The number of hydrogen-bond donors (Lipinski definition) is 3. The number of benzene rings is 1. The summed E-state index contributed by atoms with van der Waals surface area (Å²) in [6.07, 6.45) is 1.71. The zero-order valence-electron chi connectivity index (χ0n) is 12.0. The normalized spacial score (nSPS) is 15.1. The van der Waals surface area contributed by atoms with Crippen molar-refractivity contribution < 1.29 is 19.4 Å². The SMILES string of the molecule is Cc1cccc(OCCNC(=O)NC(C(=O)O)C2CC2)c1. The predicted molar refractivity (Wildman–Crippen MR) is 77.4 cm³/mol. The average Bonchev–Trinajstić information content (AvgIpc) is 3.25. The fourth-order valence-electron chi connectivity index (χ4n) is 2.04. The summed E-state index contributed by atoms with van der Waals surface area (Å²) in [6, 6.07) is 6.37. The Morgan fingerprint density at radius 3 is 2.81 bits per heavy atom. The Balaban J connectivity index is 1.66. The zero-order chi connectivity index (χ0) is 15.2. The van der Waals surface area contributed by atoms with Crippen LogP contribution in [-0.4, -0.2) is 36.3 Å². The average molecular weight is 292 g/mol.